The van der Waals surface area contributed by atoms with Crippen molar-refractivity contribution in [1.29, 1.82) is 0 Å². The second kappa shape index (κ2) is 4.42. The molecule has 15 heavy (non-hydrogen) atoms. The van der Waals surface area contributed by atoms with Gasteiger partial charge in [-0.05, 0) is 12.1 Å². The second-order valence-corrected chi connectivity index (χ2v) is 3.26. The molecule has 78 valence electrons. The molecule has 2 heterocycles. The summed E-state index contributed by atoms with van der Waals surface area (Å²) in [5.41, 5.74) is 0.679. The number of oxazole rings is 1. The van der Waals surface area contributed by atoms with Crippen molar-refractivity contribution in [3.8, 4) is 11.5 Å². The predicted octanol–water partition coefficient (Wildman–Crippen LogP) is 2.01. The molecule has 0 radical (unpaired) electrons. The average Bonchev–Trinajstić information content (AvgIpc) is 2.78. The van der Waals surface area contributed by atoms with E-state index in [-0.39, 0.29) is 11.8 Å². The van der Waals surface area contributed by atoms with Crippen LogP contribution < -0.4 is 0 Å². The van der Waals surface area contributed by atoms with Crippen LogP contribution in [-0.4, -0.2) is 21.0 Å². The van der Waals surface area contributed by atoms with Gasteiger partial charge in [-0.3, -0.25) is 4.98 Å². The molecule has 0 aromatic carbocycles. The summed E-state index contributed by atoms with van der Waals surface area (Å²) in [7, 11) is 0. The number of nitrogens with zero attached hydrogens (tertiary/aromatic N) is 2. The molecule has 4 nitrogen and oxygen atoms in total. The minimum absolute atomic E-state index is 0.0577. The molecule has 0 amide bonds. The maximum atomic E-state index is 9.38. The number of aliphatic hydroxyl groups is 1. The van der Waals surface area contributed by atoms with Gasteiger partial charge in [0.25, 0.3) is 0 Å². The third kappa shape index (κ3) is 2.16. The van der Waals surface area contributed by atoms with Crippen molar-refractivity contribution in [2.45, 2.75) is 6.10 Å². The predicted molar refractivity (Wildman–Crippen MR) is 55.4 cm³/mol. The number of hydrogen-bond acceptors (Lipinski definition) is 4. The zero-order valence-corrected chi connectivity index (χ0v) is 8.55. The van der Waals surface area contributed by atoms with Crippen molar-refractivity contribution < 1.29 is 9.52 Å². The van der Waals surface area contributed by atoms with Gasteiger partial charge in [-0.15, -0.1) is 11.6 Å². The fourth-order valence-electron chi connectivity index (χ4n) is 1.13. The van der Waals surface area contributed by atoms with Crippen molar-refractivity contribution in [1.82, 2.24) is 9.97 Å². The summed E-state index contributed by atoms with van der Waals surface area (Å²) in [6.45, 7) is 0. The highest BCUT2D eigenvalue weighted by atomic mass is 35.5. The first kappa shape index (κ1) is 10.1. The molecule has 0 bridgehead atoms. The standard InChI is InChI=1S/C10H9ClN2O2/c11-5-8(14)10-13-6-9(15-10)7-3-1-2-4-12-7/h1-4,6,8,14H,5H2/t8-/m1/s1. The Bertz CT molecular complexity index is 430. The molecule has 0 saturated heterocycles. The summed E-state index contributed by atoms with van der Waals surface area (Å²) >= 11 is 5.48. The lowest BCUT2D eigenvalue weighted by Gasteiger charge is -1.99. The van der Waals surface area contributed by atoms with E-state index in [0.29, 0.717) is 11.5 Å². The third-order valence-electron chi connectivity index (χ3n) is 1.87. The topological polar surface area (TPSA) is 59.2 Å². The van der Waals surface area contributed by atoms with E-state index < -0.39 is 6.10 Å². The fraction of sp³-hybridized carbons (Fsp3) is 0.200. The zero-order valence-electron chi connectivity index (χ0n) is 7.80. The van der Waals surface area contributed by atoms with Gasteiger partial charge in [0, 0.05) is 6.20 Å². The summed E-state index contributed by atoms with van der Waals surface area (Å²) in [5, 5.41) is 9.38. The maximum Gasteiger partial charge on any atom is 0.225 e. The van der Waals surface area contributed by atoms with Crippen LogP contribution in [0.2, 0.25) is 0 Å². The molecule has 2 aromatic rings. The molecule has 0 saturated carbocycles. The first-order valence-electron chi connectivity index (χ1n) is 4.42. The summed E-state index contributed by atoms with van der Waals surface area (Å²) in [4.78, 5) is 8.02. The van der Waals surface area contributed by atoms with E-state index in [1.54, 1.807) is 12.3 Å². The van der Waals surface area contributed by atoms with E-state index in [4.69, 9.17) is 16.0 Å². The van der Waals surface area contributed by atoms with E-state index in [1.165, 1.54) is 6.20 Å². The van der Waals surface area contributed by atoms with Gasteiger partial charge in [-0.1, -0.05) is 6.07 Å². The summed E-state index contributed by atoms with van der Waals surface area (Å²) in [6.07, 6.45) is 2.31. The van der Waals surface area contributed by atoms with Gasteiger partial charge >= 0.3 is 0 Å². The lowest BCUT2D eigenvalue weighted by Crippen LogP contribution is -1.97. The first-order valence-corrected chi connectivity index (χ1v) is 4.96. The number of pyridine rings is 1. The number of aliphatic hydroxyl groups excluding tert-OH is 1. The van der Waals surface area contributed by atoms with E-state index in [9.17, 15) is 5.11 Å². The molecule has 0 aliphatic carbocycles. The summed E-state index contributed by atoms with van der Waals surface area (Å²) in [5.74, 6) is 0.794. The molecule has 0 fully saturated rings. The Hall–Kier alpha value is -1.39. The number of alkyl halides is 1. The van der Waals surface area contributed by atoms with Gasteiger partial charge in [0.2, 0.25) is 5.89 Å². The second-order valence-electron chi connectivity index (χ2n) is 2.95. The van der Waals surface area contributed by atoms with Gasteiger partial charge in [0.15, 0.2) is 5.76 Å². The van der Waals surface area contributed by atoms with Gasteiger partial charge in [-0.25, -0.2) is 4.98 Å². The van der Waals surface area contributed by atoms with Crippen LogP contribution in [0, 0.1) is 0 Å². The van der Waals surface area contributed by atoms with E-state index in [2.05, 4.69) is 9.97 Å². The lowest BCUT2D eigenvalue weighted by atomic mass is 10.3. The van der Waals surface area contributed by atoms with E-state index >= 15 is 0 Å². The Kier molecular flexibility index (Phi) is 2.99. The van der Waals surface area contributed by atoms with E-state index in [1.807, 2.05) is 12.1 Å². The normalized spacial score (nSPS) is 12.7. The SMILES string of the molecule is O[C@H](CCl)c1ncc(-c2ccccn2)o1. The molecular weight excluding hydrogens is 216 g/mol. The minimum Gasteiger partial charge on any atom is -0.436 e. The molecule has 0 aliphatic rings. The van der Waals surface area contributed by atoms with Crippen molar-refractivity contribution in [3.05, 3.63) is 36.5 Å². The molecule has 0 unspecified atom stereocenters. The number of halogens is 1. The van der Waals surface area contributed by atoms with Gasteiger partial charge < -0.3 is 9.52 Å². The molecule has 2 aromatic heterocycles. The fourth-order valence-corrected chi connectivity index (χ4v) is 1.27. The Morgan fingerprint density at radius 1 is 1.40 bits per heavy atom. The largest absolute Gasteiger partial charge is 0.436 e. The molecule has 1 atom stereocenters. The van der Waals surface area contributed by atoms with Crippen LogP contribution in [0.3, 0.4) is 0 Å². The molecule has 0 aliphatic heterocycles. The van der Waals surface area contributed by atoms with Crippen molar-refractivity contribution in [3.63, 3.8) is 0 Å². The minimum atomic E-state index is -0.871. The lowest BCUT2D eigenvalue weighted by molar-refractivity contribution is 0.167. The summed E-state index contributed by atoms with van der Waals surface area (Å²) < 4.78 is 5.31. The summed E-state index contributed by atoms with van der Waals surface area (Å²) in [6, 6.07) is 5.47. The van der Waals surface area contributed by atoms with Crippen molar-refractivity contribution >= 4 is 11.6 Å². The molecule has 0 spiro atoms. The van der Waals surface area contributed by atoms with Crippen molar-refractivity contribution in [2.24, 2.45) is 0 Å². The van der Waals surface area contributed by atoms with E-state index in [0.717, 1.165) is 0 Å². The Morgan fingerprint density at radius 2 is 2.27 bits per heavy atom. The van der Waals surface area contributed by atoms with Gasteiger partial charge in [-0.2, -0.15) is 0 Å². The highest BCUT2D eigenvalue weighted by Gasteiger charge is 2.14. The third-order valence-corrected chi connectivity index (χ3v) is 2.16. The highest BCUT2D eigenvalue weighted by Crippen LogP contribution is 2.21. The van der Waals surface area contributed by atoms with Crippen molar-refractivity contribution in [2.75, 3.05) is 5.88 Å². The quantitative estimate of drug-likeness (QED) is 0.811. The Labute approximate surface area is 91.5 Å². The van der Waals surface area contributed by atoms with Crippen LogP contribution in [0.4, 0.5) is 0 Å². The maximum absolute atomic E-state index is 9.38. The number of hydrogen-bond donors (Lipinski definition) is 1. The number of rotatable bonds is 3. The number of aromatic nitrogens is 2. The van der Waals surface area contributed by atoms with Gasteiger partial charge in [0.1, 0.15) is 11.8 Å². The average molecular weight is 225 g/mol. The highest BCUT2D eigenvalue weighted by molar-refractivity contribution is 6.18. The smallest absolute Gasteiger partial charge is 0.225 e. The molecular formula is C10H9ClN2O2. The Balaban J connectivity index is 2.28. The first-order chi connectivity index (χ1) is 7.31. The molecule has 1 N–H and O–H groups in total. The monoisotopic (exact) mass is 224 g/mol. The van der Waals surface area contributed by atoms with Gasteiger partial charge in [0.05, 0.1) is 12.1 Å². The van der Waals surface area contributed by atoms with Crippen LogP contribution in [0.1, 0.15) is 12.0 Å². The van der Waals surface area contributed by atoms with Crippen LogP contribution in [0.5, 0.6) is 0 Å². The van der Waals surface area contributed by atoms with Crippen LogP contribution in [-0.2, 0) is 0 Å². The van der Waals surface area contributed by atoms with Crippen LogP contribution >= 0.6 is 11.6 Å². The van der Waals surface area contributed by atoms with Crippen LogP contribution in [0.25, 0.3) is 11.5 Å². The Morgan fingerprint density at radius 3 is 2.93 bits per heavy atom. The molecule has 2 rings (SSSR count). The van der Waals surface area contributed by atoms with Crippen LogP contribution in [0.15, 0.2) is 35.0 Å². The molecule has 5 heteroatoms. The zero-order chi connectivity index (χ0) is 10.7.